The van der Waals surface area contributed by atoms with Gasteiger partial charge in [-0.3, -0.25) is 9.13 Å². The van der Waals surface area contributed by atoms with Crippen LogP contribution in [0.1, 0.15) is 38.6 Å². The molecule has 0 aliphatic rings. The standard InChI is InChI=1S/C26H32O5P2/c1-4-30-32(28,23-16-10-6-11-17-23)25(20-21(2)3)31-33(29,24-18-12-7-13-19-24)26(27)22-14-8-5-9-15-22/h5-19,21,25-27H,4,20H2,1-3H3/t25-,26+,32-,33-/m1/s1. The summed E-state index contributed by atoms with van der Waals surface area (Å²) < 4.78 is 41.1. The highest BCUT2D eigenvalue weighted by Gasteiger charge is 2.46. The number of hydrogen-bond acceptors (Lipinski definition) is 5. The second-order valence-corrected chi connectivity index (χ2v) is 13.2. The van der Waals surface area contributed by atoms with Crippen LogP contribution in [0.25, 0.3) is 0 Å². The summed E-state index contributed by atoms with van der Waals surface area (Å²) in [7, 11) is -7.52. The maximum atomic E-state index is 14.5. The summed E-state index contributed by atoms with van der Waals surface area (Å²) in [4.78, 5) is 0. The van der Waals surface area contributed by atoms with E-state index in [0.29, 0.717) is 22.6 Å². The quantitative estimate of drug-likeness (QED) is 0.322. The van der Waals surface area contributed by atoms with Gasteiger partial charge in [0.25, 0.3) is 14.7 Å². The van der Waals surface area contributed by atoms with Crippen LogP contribution in [0.2, 0.25) is 0 Å². The zero-order valence-electron chi connectivity index (χ0n) is 19.3. The Balaban J connectivity index is 2.14. The Morgan fingerprint density at radius 3 is 1.67 bits per heavy atom. The van der Waals surface area contributed by atoms with Crippen LogP contribution in [0.5, 0.6) is 0 Å². The minimum absolute atomic E-state index is 0.0885. The van der Waals surface area contributed by atoms with E-state index in [1.54, 1.807) is 79.7 Å². The molecule has 0 amide bonds. The molecule has 0 aromatic heterocycles. The van der Waals surface area contributed by atoms with E-state index in [0.717, 1.165) is 0 Å². The highest BCUT2D eigenvalue weighted by atomic mass is 31.2. The molecule has 0 bridgehead atoms. The maximum Gasteiger partial charge on any atom is 0.264 e. The van der Waals surface area contributed by atoms with Crippen molar-refractivity contribution in [1.82, 2.24) is 0 Å². The molecule has 0 saturated carbocycles. The molecule has 0 spiro atoms. The van der Waals surface area contributed by atoms with E-state index in [4.69, 9.17) is 9.05 Å². The summed E-state index contributed by atoms with van der Waals surface area (Å²) in [6, 6.07) is 26.4. The Labute approximate surface area is 196 Å². The van der Waals surface area contributed by atoms with Gasteiger partial charge in [-0.25, -0.2) is 0 Å². The lowest BCUT2D eigenvalue weighted by molar-refractivity contribution is 0.179. The van der Waals surface area contributed by atoms with E-state index >= 15 is 0 Å². The smallest absolute Gasteiger partial charge is 0.264 e. The van der Waals surface area contributed by atoms with Gasteiger partial charge in [0.05, 0.1) is 6.61 Å². The molecule has 0 aliphatic heterocycles. The van der Waals surface area contributed by atoms with Crippen molar-refractivity contribution in [1.29, 1.82) is 0 Å². The predicted molar refractivity (Wildman–Crippen MR) is 135 cm³/mol. The molecule has 0 aliphatic carbocycles. The highest BCUT2D eigenvalue weighted by Crippen LogP contribution is 2.65. The van der Waals surface area contributed by atoms with Crippen LogP contribution < -0.4 is 10.6 Å². The molecule has 5 nitrogen and oxygen atoms in total. The molecule has 7 heteroatoms. The first kappa shape index (κ1) is 25.6. The zero-order chi connectivity index (χ0) is 23.9. The molecule has 3 aromatic rings. The second kappa shape index (κ2) is 11.4. The normalized spacial score (nSPS) is 17.1. The van der Waals surface area contributed by atoms with E-state index in [9.17, 15) is 14.2 Å². The SMILES string of the molecule is CCO[P@](=O)(c1ccccc1)[C@H](CC(C)C)O[P@](=O)(c1ccccc1)[C@H](O)c1ccccc1. The molecule has 0 radical (unpaired) electrons. The minimum Gasteiger partial charge on any atom is -0.378 e. The molecule has 0 unspecified atom stereocenters. The van der Waals surface area contributed by atoms with Crippen LogP contribution in [-0.4, -0.2) is 17.6 Å². The van der Waals surface area contributed by atoms with Crippen molar-refractivity contribution >= 4 is 25.3 Å². The van der Waals surface area contributed by atoms with E-state index in [2.05, 4.69) is 0 Å². The Morgan fingerprint density at radius 2 is 1.21 bits per heavy atom. The van der Waals surface area contributed by atoms with Crippen molar-refractivity contribution in [2.45, 2.75) is 38.9 Å². The molecule has 0 saturated heterocycles. The Hall–Kier alpha value is -2.00. The fraction of sp³-hybridized carbons (Fsp3) is 0.308. The zero-order valence-corrected chi connectivity index (χ0v) is 21.1. The first-order chi connectivity index (χ1) is 15.8. The molecule has 33 heavy (non-hydrogen) atoms. The summed E-state index contributed by atoms with van der Waals surface area (Å²) in [6.07, 6.45) is 0.352. The maximum absolute atomic E-state index is 14.5. The lowest BCUT2D eigenvalue weighted by Crippen LogP contribution is -2.27. The number of benzene rings is 3. The van der Waals surface area contributed by atoms with Gasteiger partial charge in [-0.05, 0) is 49.1 Å². The number of aliphatic hydroxyl groups is 1. The molecule has 4 atom stereocenters. The van der Waals surface area contributed by atoms with Gasteiger partial charge in [0.2, 0.25) is 0 Å². The molecule has 3 aromatic carbocycles. The van der Waals surface area contributed by atoms with E-state index < -0.39 is 26.4 Å². The lowest BCUT2D eigenvalue weighted by Gasteiger charge is -2.34. The number of hydrogen-bond donors (Lipinski definition) is 1. The van der Waals surface area contributed by atoms with Crippen molar-refractivity contribution in [2.24, 2.45) is 5.92 Å². The van der Waals surface area contributed by atoms with Gasteiger partial charge >= 0.3 is 0 Å². The third-order valence-corrected chi connectivity index (χ3v) is 10.7. The van der Waals surface area contributed by atoms with E-state index in [1.165, 1.54) is 0 Å². The third-order valence-electron chi connectivity index (χ3n) is 5.30. The Morgan fingerprint density at radius 1 is 0.758 bits per heavy atom. The first-order valence-corrected chi connectivity index (χ1v) is 14.6. The van der Waals surface area contributed by atoms with Gasteiger partial charge in [0, 0.05) is 10.6 Å². The van der Waals surface area contributed by atoms with Gasteiger partial charge in [0.1, 0.15) is 5.85 Å². The summed E-state index contributed by atoms with van der Waals surface area (Å²) in [6.45, 7) is 5.95. The fourth-order valence-electron chi connectivity index (χ4n) is 3.70. The number of aliphatic hydroxyl groups excluding tert-OH is 1. The third kappa shape index (κ3) is 5.93. The number of rotatable bonds is 11. The monoisotopic (exact) mass is 486 g/mol. The molecular formula is C26H32O5P2. The summed E-state index contributed by atoms with van der Waals surface area (Å²) in [5.74, 6) is -2.32. The lowest BCUT2D eigenvalue weighted by atomic mass is 10.1. The molecular weight excluding hydrogens is 454 g/mol. The average Bonchev–Trinajstić information content (AvgIpc) is 2.84. The van der Waals surface area contributed by atoms with Crippen molar-refractivity contribution < 1.29 is 23.3 Å². The molecule has 176 valence electrons. The van der Waals surface area contributed by atoms with Crippen LogP contribution in [-0.2, 0) is 18.2 Å². The van der Waals surface area contributed by atoms with Crippen LogP contribution in [0, 0.1) is 5.92 Å². The predicted octanol–water partition coefficient (Wildman–Crippen LogP) is 6.31. The second-order valence-electron chi connectivity index (χ2n) is 8.26. The van der Waals surface area contributed by atoms with Crippen molar-refractivity contribution in [3.8, 4) is 0 Å². The van der Waals surface area contributed by atoms with Crippen molar-refractivity contribution in [2.75, 3.05) is 6.61 Å². The molecule has 0 fully saturated rings. The van der Waals surface area contributed by atoms with Gasteiger partial charge in [-0.2, -0.15) is 0 Å². The summed E-state index contributed by atoms with van der Waals surface area (Å²) in [5, 5.41) is 12.2. The Bertz CT molecular complexity index is 1090. The average molecular weight is 486 g/mol. The van der Waals surface area contributed by atoms with Crippen molar-refractivity contribution in [3.05, 3.63) is 96.6 Å². The van der Waals surface area contributed by atoms with Gasteiger partial charge in [-0.1, -0.05) is 80.6 Å². The van der Waals surface area contributed by atoms with Crippen LogP contribution in [0.15, 0.2) is 91.0 Å². The van der Waals surface area contributed by atoms with Crippen LogP contribution in [0.4, 0.5) is 0 Å². The largest absolute Gasteiger partial charge is 0.378 e. The van der Waals surface area contributed by atoms with Crippen molar-refractivity contribution in [3.63, 3.8) is 0 Å². The Kier molecular flexibility index (Phi) is 8.87. The molecule has 3 rings (SSSR count). The summed E-state index contributed by atoms with van der Waals surface area (Å²) in [5.41, 5.74) is 0.471. The van der Waals surface area contributed by atoms with Crippen LogP contribution in [0.3, 0.4) is 0 Å². The van der Waals surface area contributed by atoms with E-state index in [1.807, 2.05) is 32.0 Å². The highest BCUT2D eigenvalue weighted by molar-refractivity contribution is 7.70. The van der Waals surface area contributed by atoms with E-state index in [-0.39, 0.29) is 12.5 Å². The summed E-state index contributed by atoms with van der Waals surface area (Å²) >= 11 is 0. The van der Waals surface area contributed by atoms with Crippen LogP contribution >= 0.6 is 14.7 Å². The van der Waals surface area contributed by atoms with Gasteiger partial charge in [-0.15, -0.1) is 0 Å². The minimum atomic E-state index is -3.93. The van der Waals surface area contributed by atoms with Gasteiger partial charge in [0.15, 0.2) is 5.85 Å². The first-order valence-electron chi connectivity index (χ1n) is 11.2. The molecule has 1 N–H and O–H groups in total. The topological polar surface area (TPSA) is 72.8 Å². The van der Waals surface area contributed by atoms with Gasteiger partial charge < -0.3 is 14.2 Å². The fourth-order valence-corrected chi connectivity index (χ4v) is 9.05. The molecule has 0 heterocycles.